The third-order valence-corrected chi connectivity index (χ3v) is 10.4. The summed E-state index contributed by atoms with van der Waals surface area (Å²) in [6, 6.07) is 12.4. The Morgan fingerprint density at radius 1 is 1.07 bits per heavy atom. The minimum atomic E-state index is -4.11. The van der Waals surface area contributed by atoms with Crippen molar-refractivity contribution in [2.24, 2.45) is 17.8 Å². The maximum Gasteiger partial charge on any atom is 0.308 e. The van der Waals surface area contributed by atoms with Gasteiger partial charge in [0.1, 0.15) is 17.3 Å². The summed E-state index contributed by atoms with van der Waals surface area (Å²) in [6.07, 6.45) is 7.46. The Hall–Kier alpha value is -4.58. The summed E-state index contributed by atoms with van der Waals surface area (Å²) in [5.74, 6) is -0.863. The molecule has 4 heterocycles. The maximum atomic E-state index is 14.6. The van der Waals surface area contributed by atoms with E-state index in [1.807, 2.05) is 6.92 Å². The van der Waals surface area contributed by atoms with Crippen LogP contribution in [0.2, 0.25) is 0 Å². The topological polar surface area (TPSA) is 140 Å². The van der Waals surface area contributed by atoms with Crippen LogP contribution in [0.5, 0.6) is 0 Å². The second-order valence-corrected chi connectivity index (χ2v) is 13.1. The van der Waals surface area contributed by atoms with Crippen molar-refractivity contribution in [2.75, 3.05) is 5.32 Å². The Kier molecular flexibility index (Phi) is 6.53. The molecule has 3 aliphatic rings. The van der Waals surface area contributed by atoms with Crippen LogP contribution in [0.15, 0.2) is 76.5 Å². The molecule has 3 fully saturated rings. The first kappa shape index (κ1) is 27.3. The average Bonchev–Trinajstić information content (AvgIpc) is 3.67. The molecule has 0 saturated heterocycles. The predicted octanol–water partition coefficient (Wildman–Crippen LogP) is 5.74. The molecule has 0 amide bonds. The molecule has 4 aromatic heterocycles. The number of carboxylic acid groups (broad SMARTS) is 1. The number of furan rings is 1. The van der Waals surface area contributed by atoms with E-state index in [0.717, 1.165) is 41.4 Å². The zero-order chi connectivity index (χ0) is 29.9. The van der Waals surface area contributed by atoms with Gasteiger partial charge in [-0.3, -0.25) is 4.79 Å². The lowest BCUT2D eigenvalue weighted by Gasteiger charge is -2.47. The molecular weight excluding hydrogens is 573 g/mol. The van der Waals surface area contributed by atoms with Crippen LogP contribution < -0.4 is 5.32 Å². The summed E-state index contributed by atoms with van der Waals surface area (Å²) in [5.41, 5.74) is 1.57. The standard InChI is InChI=1S/C31H28FN5O5S/c1-17-4-10-21(11-5-17)43(40,41)37-16-23(22-13-20(32)15-33-30(22)37)29-34-24(25-3-2-12-42-25)14-26(36-29)35-28-19-8-6-18(7-9-19)27(28)31(38)39/h2-5,10-16,18-19,27-28H,6-9H2,1H3,(H,38,39)(H,34,35,36). The summed E-state index contributed by atoms with van der Waals surface area (Å²) in [4.78, 5) is 25.9. The summed E-state index contributed by atoms with van der Waals surface area (Å²) >= 11 is 0. The minimum Gasteiger partial charge on any atom is -0.481 e. The van der Waals surface area contributed by atoms with Gasteiger partial charge < -0.3 is 14.8 Å². The molecule has 3 aliphatic carbocycles. The monoisotopic (exact) mass is 601 g/mol. The summed E-state index contributed by atoms with van der Waals surface area (Å²) in [5, 5.41) is 13.7. The third kappa shape index (κ3) is 4.75. The van der Waals surface area contributed by atoms with Gasteiger partial charge in [-0.15, -0.1) is 0 Å². The number of carboxylic acids is 1. The number of fused-ring (bicyclic) bond motifs is 4. The predicted molar refractivity (Wildman–Crippen MR) is 156 cm³/mol. The first-order valence-corrected chi connectivity index (χ1v) is 15.5. The molecule has 8 rings (SSSR count). The number of rotatable bonds is 7. The Balaban J connectivity index is 1.39. The number of hydrogen-bond acceptors (Lipinski definition) is 8. The molecule has 5 aromatic rings. The smallest absolute Gasteiger partial charge is 0.308 e. The minimum absolute atomic E-state index is 0.0222. The quantitative estimate of drug-likeness (QED) is 0.239. The third-order valence-electron chi connectivity index (χ3n) is 8.72. The number of benzene rings is 1. The number of aryl methyl sites for hydroxylation is 1. The van der Waals surface area contributed by atoms with E-state index in [1.54, 1.807) is 30.3 Å². The van der Waals surface area contributed by atoms with Crippen LogP contribution >= 0.6 is 0 Å². The molecule has 0 aliphatic heterocycles. The van der Waals surface area contributed by atoms with E-state index in [4.69, 9.17) is 9.40 Å². The normalized spacial score (nSPS) is 21.7. The Morgan fingerprint density at radius 3 is 2.51 bits per heavy atom. The van der Waals surface area contributed by atoms with Gasteiger partial charge in [-0.1, -0.05) is 17.7 Å². The summed E-state index contributed by atoms with van der Waals surface area (Å²) < 4.78 is 48.7. The Labute approximate surface area is 246 Å². The first-order valence-electron chi connectivity index (χ1n) is 14.1. The van der Waals surface area contributed by atoms with E-state index < -0.39 is 27.7 Å². The van der Waals surface area contributed by atoms with E-state index in [9.17, 15) is 22.7 Å². The van der Waals surface area contributed by atoms with Crippen molar-refractivity contribution in [3.8, 4) is 22.8 Å². The van der Waals surface area contributed by atoms with E-state index in [2.05, 4.69) is 15.3 Å². The van der Waals surface area contributed by atoms with Gasteiger partial charge in [0.05, 0.1) is 23.3 Å². The van der Waals surface area contributed by atoms with Crippen LogP contribution in [0.25, 0.3) is 33.9 Å². The number of hydrogen-bond donors (Lipinski definition) is 2. The molecular formula is C31H28FN5O5S. The highest BCUT2D eigenvalue weighted by atomic mass is 32.2. The summed E-state index contributed by atoms with van der Waals surface area (Å²) in [6.45, 7) is 1.86. The fraction of sp³-hybridized carbons (Fsp3) is 0.290. The molecule has 2 atom stereocenters. The van der Waals surface area contributed by atoms with Crippen molar-refractivity contribution in [3.05, 3.63) is 78.6 Å². The second-order valence-electron chi connectivity index (χ2n) is 11.3. The molecule has 0 radical (unpaired) electrons. The number of halogens is 1. The van der Waals surface area contributed by atoms with Gasteiger partial charge in [-0.25, -0.2) is 31.7 Å². The number of nitrogens with zero attached hydrogens (tertiary/aromatic N) is 4. The summed E-state index contributed by atoms with van der Waals surface area (Å²) in [7, 11) is -4.11. The molecule has 0 spiro atoms. The molecule has 220 valence electrons. The van der Waals surface area contributed by atoms with Crippen molar-refractivity contribution in [2.45, 2.75) is 43.5 Å². The molecule has 2 bridgehead atoms. The van der Waals surface area contributed by atoms with E-state index >= 15 is 0 Å². The molecule has 12 heteroatoms. The van der Waals surface area contributed by atoms with Crippen molar-refractivity contribution in [1.29, 1.82) is 0 Å². The lowest BCUT2D eigenvalue weighted by atomic mass is 9.61. The zero-order valence-corrected chi connectivity index (χ0v) is 24.0. The van der Waals surface area contributed by atoms with Crippen LogP contribution in [0.3, 0.4) is 0 Å². The highest BCUT2D eigenvalue weighted by molar-refractivity contribution is 7.90. The number of anilines is 1. The lowest BCUT2D eigenvalue weighted by molar-refractivity contribution is -0.148. The molecule has 10 nitrogen and oxygen atoms in total. The number of pyridine rings is 1. The molecule has 2 unspecified atom stereocenters. The first-order chi connectivity index (χ1) is 20.7. The molecule has 3 saturated carbocycles. The van der Waals surface area contributed by atoms with Gasteiger partial charge in [0.25, 0.3) is 10.0 Å². The highest BCUT2D eigenvalue weighted by Crippen LogP contribution is 2.46. The largest absolute Gasteiger partial charge is 0.481 e. The Bertz CT molecular complexity index is 1950. The van der Waals surface area contributed by atoms with Crippen molar-refractivity contribution in [3.63, 3.8) is 0 Å². The van der Waals surface area contributed by atoms with Gasteiger partial charge in [-0.2, -0.15) is 0 Å². The van der Waals surface area contributed by atoms with Crippen molar-refractivity contribution in [1.82, 2.24) is 18.9 Å². The number of nitrogens with one attached hydrogen (secondary N) is 1. The van der Waals surface area contributed by atoms with Crippen LogP contribution in [0.4, 0.5) is 10.2 Å². The lowest BCUT2D eigenvalue weighted by Crippen LogP contribution is -2.51. The second kappa shape index (κ2) is 10.3. The van der Waals surface area contributed by atoms with Crippen molar-refractivity contribution >= 4 is 32.8 Å². The molecule has 43 heavy (non-hydrogen) atoms. The fourth-order valence-electron chi connectivity index (χ4n) is 6.61. The number of aliphatic carboxylic acids is 1. The van der Waals surface area contributed by atoms with E-state index in [-0.39, 0.29) is 45.2 Å². The van der Waals surface area contributed by atoms with Gasteiger partial charge in [0, 0.05) is 29.3 Å². The van der Waals surface area contributed by atoms with Crippen LogP contribution in [-0.4, -0.2) is 44.5 Å². The SMILES string of the molecule is Cc1ccc(S(=O)(=O)n2cc(-c3nc(NC4C5CCC(CC5)C4C(=O)O)cc(-c4ccco4)n3)c3cc(F)cnc32)cc1. The van der Waals surface area contributed by atoms with Gasteiger partial charge in [-0.05, 0) is 74.8 Å². The molecule has 1 aromatic carbocycles. The van der Waals surface area contributed by atoms with Crippen molar-refractivity contribution < 1.29 is 27.1 Å². The van der Waals surface area contributed by atoms with Gasteiger partial charge >= 0.3 is 5.97 Å². The zero-order valence-electron chi connectivity index (χ0n) is 23.1. The van der Waals surface area contributed by atoms with E-state index in [0.29, 0.717) is 17.3 Å². The highest BCUT2D eigenvalue weighted by Gasteiger charge is 2.47. The van der Waals surface area contributed by atoms with Crippen LogP contribution in [0.1, 0.15) is 31.2 Å². The Morgan fingerprint density at radius 2 is 1.81 bits per heavy atom. The van der Waals surface area contributed by atoms with Crippen LogP contribution in [-0.2, 0) is 14.8 Å². The molecule has 2 N–H and O–H groups in total. The average molecular weight is 602 g/mol. The van der Waals surface area contributed by atoms with Gasteiger partial charge in [0.2, 0.25) is 0 Å². The number of aromatic nitrogens is 4. The fourth-order valence-corrected chi connectivity index (χ4v) is 7.94. The van der Waals surface area contributed by atoms with Crippen LogP contribution in [0, 0.1) is 30.5 Å². The van der Waals surface area contributed by atoms with E-state index in [1.165, 1.54) is 30.7 Å². The van der Waals surface area contributed by atoms with Gasteiger partial charge in [0.15, 0.2) is 17.2 Å². The number of carbonyl (C=O) groups is 1. The maximum absolute atomic E-state index is 14.6.